The molecule has 90 valence electrons. The highest BCUT2D eigenvalue weighted by Gasteiger charge is 2.12. The monoisotopic (exact) mass is 238 g/mol. The molecule has 0 atom stereocenters. The van der Waals surface area contributed by atoms with E-state index in [4.69, 9.17) is 4.74 Å². The average molecular weight is 238 g/mol. The molecule has 0 aliphatic rings. The Hall–Kier alpha value is -2.29. The van der Waals surface area contributed by atoms with Crippen LogP contribution < -0.4 is 4.74 Å². The van der Waals surface area contributed by atoms with Gasteiger partial charge in [0.15, 0.2) is 0 Å². The van der Waals surface area contributed by atoms with Crippen molar-refractivity contribution in [2.75, 3.05) is 7.11 Å². The number of methoxy groups -OCH3 is 1. The standard InChI is InChI=1S/C15H14N2O/c1-17-14(9-10-16-17)13-8-7-11-5-3-4-6-12(11)15(13)18-2/h3-10H,1-2H3. The maximum absolute atomic E-state index is 5.60. The van der Waals surface area contributed by atoms with Gasteiger partial charge in [-0.2, -0.15) is 5.10 Å². The van der Waals surface area contributed by atoms with Gasteiger partial charge in [-0.25, -0.2) is 0 Å². The van der Waals surface area contributed by atoms with Crippen molar-refractivity contribution < 1.29 is 4.74 Å². The number of ether oxygens (including phenoxy) is 1. The van der Waals surface area contributed by atoms with Crippen molar-refractivity contribution >= 4 is 10.8 Å². The van der Waals surface area contributed by atoms with Crippen LogP contribution >= 0.6 is 0 Å². The first kappa shape index (κ1) is 10.8. The summed E-state index contributed by atoms with van der Waals surface area (Å²) in [5.74, 6) is 0.900. The first-order chi connectivity index (χ1) is 8.81. The third kappa shape index (κ3) is 1.56. The second-order valence-corrected chi connectivity index (χ2v) is 4.21. The lowest BCUT2D eigenvalue weighted by atomic mass is 10.0. The minimum Gasteiger partial charge on any atom is -0.495 e. The quantitative estimate of drug-likeness (QED) is 0.685. The SMILES string of the molecule is COc1c(-c2ccnn2C)ccc2ccccc12. The lowest BCUT2D eigenvalue weighted by Crippen LogP contribution is -1.96. The summed E-state index contributed by atoms with van der Waals surface area (Å²) in [6.07, 6.45) is 1.80. The van der Waals surface area contributed by atoms with Crippen LogP contribution in [-0.4, -0.2) is 16.9 Å². The van der Waals surface area contributed by atoms with Crippen molar-refractivity contribution in [3.8, 4) is 17.0 Å². The van der Waals surface area contributed by atoms with E-state index >= 15 is 0 Å². The predicted octanol–water partition coefficient (Wildman–Crippen LogP) is 3.25. The highest BCUT2D eigenvalue weighted by atomic mass is 16.5. The number of hydrogen-bond acceptors (Lipinski definition) is 2. The average Bonchev–Trinajstić information content (AvgIpc) is 2.83. The summed E-state index contributed by atoms with van der Waals surface area (Å²) in [5, 5.41) is 6.51. The van der Waals surface area contributed by atoms with Crippen molar-refractivity contribution in [1.82, 2.24) is 9.78 Å². The minimum absolute atomic E-state index is 0.900. The van der Waals surface area contributed by atoms with Crippen molar-refractivity contribution in [3.63, 3.8) is 0 Å². The van der Waals surface area contributed by atoms with Crippen LogP contribution in [0.1, 0.15) is 0 Å². The van der Waals surface area contributed by atoms with Gasteiger partial charge in [-0.1, -0.05) is 30.3 Å². The van der Waals surface area contributed by atoms with Gasteiger partial charge in [0.25, 0.3) is 0 Å². The molecule has 0 radical (unpaired) electrons. The highest BCUT2D eigenvalue weighted by Crippen LogP contribution is 2.36. The summed E-state index contributed by atoms with van der Waals surface area (Å²) >= 11 is 0. The van der Waals surface area contributed by atoms with Crippen LogP contribution in [0.3, 0.4) is 0 Å². The first-order valence-corrected chi connectivity index (χ1v) is 5.85. The van der Waals surface area contributed by atoms with Crippen LogP contribution in [0, 0.1) is 0 Å². The molecule has 0 amide bonds. The first-order valence-electron chi connectivity index (χ1n) is 5.85. The van der Waals surface area contributed by atoms with E-state index < -0.39 is 0 Å². The summed E-state index contributed by atoms with van der Waals surface area (Å²) < 4.78 is 7.45. The molecule has 1 aromatic heterocycles. The molecule has 0 aliphatic carbocycles. The van der Waals surface area contributed by atoms with Crippen LogP contribution in [0.25, 0.3) is 22.0 Å². The molecule has 3 nitrogen and oxygen atoms in total. The minimum atomic E-state index is 0.900. The fraction of sp³-hybridized carbons (Fsp3) is 0.133. The molecule has 3 aromatic rings. The summed E-state index contributed by atoms with van der Waals surface area (Å²) in [4.78, 5) is 0. The van der Waals surface area contributed by atoms with Crippen molar-refractivity contribution in [1.29, 1.82) is 0 Å². The van der Waals surface area contributed by atoms with Gasteiger partial charge in [0.1, 0.15) is 5.75 Å². The van der Waals surface area contributed by atoms with Gasteiger partial charge in [-0.15, -0.1) is 0 Å². The second-order valence-electron chi connectivity index (χ2n) is 4.21. The summed E-state index contributed by atoms with van der Waals surface area (Å²) in [7, 11) is 3.64. The van der Waals surface area contributed by atoms with Crippen LogP contribution in [0.4, 0.5) is 0 Å². The number of rotatable bonds is 2. The van der Waals surface area contributed by atoms with Gasteiger partial charge in [-0.05, 0) is 17.5 Å². The molecule has 0 saturated carbocycles. The molecule has 0 bridgehead atoms. The molecule has 0 N–H and O–H groups in total. The van der Waals surface area contributed by atoms with E-state index in [9.17, 15) is 0 Å². The van der Waals surface area contributed by atoms with Gasteiger partial charge in [-0.3, -0.25) is 4.68 Å². The fourth-order valence-corrected chi connectivity index (χ4v) is 2.30. The van der Waals surface area contributed by atoms with Crippen molar-refractivity contribution in [2.24, 2.45) is 7.05 Å². The van der Waals surface area contributed by atoms with E-state index in [0.29, 0.717) is 0 Å². The molecule has 0 fully saturated rings. The molecule has 0 spiro atoms. The molecule has 3 heteroatoms. The number of nitrogens with zero attached hydrogens (tertiary/aromatic N) is 2. The highest BCUT2D eigenvalue weighted by molar-refractivity contribution is 5.94. The Morgan fingerprint density at radius 1 is 1.06 bits per heavy atom. The maximum atomic E-state index is 5.60. The Morgan fingerprint density at radius 2 is 1.89 bits per heavy atom. The molecule has 0 aliphatic heterocycles. The predicted molar refractivity (Wildman–Crippen MR) is 72.7 cm³/mol. The zero-order valence-corrected chi connectivity index (χ0v) is 10.4. The summed E-state index contributed by atoms with van der Waals surface area (Å²) in [6.45, 7) is 0. The number of aromatic nitrogens is 2. The Kier molecular flexibility index (Phi) is 2.52. The van der Waals surface area contributed by atoms with Crippen LogP contribution in [0.5, 0.6) is 5.75 Å². The van der Waals surface area contributed by atoms with Crippen LogP contribution in [-0.2, 0) is 7.05 Å². The third-order valence-corrected chi connectivity index (χ3v) is 3.18. The third-order valence-electron chi connectivity index (χ3n) is 3.18. The normalized spacial score (nSPS) is 10.8. The molecule has 0 saturated heterocycles. The zero-order chi connectivity index (χ0) is 12.5. The maximum Gasteiger partial charge on any atom is 0.136 e. The lowest BCUT2D eigenvalue weighted by Gasteiger charge is -2.12. The van der Waals surface area contributed by atoms with E-state index in [2.05, 4.69) is 29.4 Å². The van der Waals surface area contributed by atoms with Gasteiger partial charge >= 0.3 is 0 Å². The molecular weight excluding hydrogens is 224 g/mol. The van der Waals surface area contributed by atoms with Gasteiger partial charge in [0.2, 0.25) is 0 Å². The lowest BCUT2D eigenvalue weighted by molar-refractivity contribution is 0.421. The fourth-order valence-electron chi connectivity index (χ4n) is 2.30. The van der Waals surface area contributed by atoms with Crippen molar-refractivity contribution in [2.45, 2.75) is 0 Å². The van der Waals surface area contributed by atoms with E-state index in [1.54, 1.807) is 13.3 Å². The molecule has 2 aromatic carbocycles. The number of aryl methyl sites for hydroxylation is 1. The van der Waals surface area contributed by atoms with Gasteiger partial charge < -0.3 is 4.74 Å². The topological polar surface area (TPSA) is 27.1 Å². The van der Waals surface area contributed by atoms with E-state index in [1.807, 2.05) is 29.9 Å². The Bertz CT molecular complexity index is 701. The largest absolute Gasteiger partial charge is 0.495 e. The zero-order valence-electron chi connectivity index (χ0n) is 10.4. The Balaban J connectivity index is 2.34. The van der Waals surface area contributed by atoms with Crippen LogP contribution in [0.15, 0.2) is 48.7 Å². The number of benzene rings is 2. The van der Waals surface area contributed by atoms with Crippen LogP contribution in [0.2, 0.25) is 0 Å². The van der Waals surface area contributed by atoms with Gasteiger partial charge in [0, 0.05) is 24.2 Å². The number of hydrogen-bond donors (Lipinski definition) is 0. The number of fused-ring (bicyclic) bond motifs is 1. The Labute approximate surface area is 106 Å². The Morgan fingerprint density at radius 3 is 2.61 bits per heavy atom. The summed E-state index contributed by atoms with van der Waals surface area (Å²) in [5.41, 5.74) is 2.12. The molecule has 0 unspecified atom stereocenters. The van der Waals surface area contributed by atoms with Gasteiger partial charge in [0.05, 0.1) is 12.8 Å². The molecule has 3 rings (SSSR count). The smallest absolute Gasteiger partial charge is 0.136 e. The molecular formula is C15H14N2O. The van der Waals surface area contributed by atoms with E-state index in [-0.39, 0.29) is 0 Å². The summed E-state index contributed by atoms with van der Waals surface area (Å²) in [6, 6.07) is 14.4. The van der Waals surface area contributed by atoms with Crippen molar-refractivity contribution in [3.05, 3.63) is 48.7 Å². The van der Waals surface area contributed by atoms with E-state index in [1.165, 1.54) is 5.39 Å². The molecule has 18 heavy (non-hydrogen) atoms. The van der Waals surface area contributed by atoms with E-state index in [0.717, 1.165) is 22.4 Å². The second kappa shape index (κ2) is 4.18. The molecule has 1 heterocycles.